The summed E-state index contributed by atoms with van der Waals surface area (Å²) >= 11 is 0. The molecule has 0 aliphatic heterocycles. The van der Waals surface area contributed by atoms with Crippen LogP contribution in [0.1, 0.15) is 362 Å². The van der Waals surface area contributed by atoms with E-state index in [1.54, 1.807) is 66.8 Å². The number of unbranched alkanes of at least 4 members (excludes halogenated alkanes) is 4. The van der Waals surface area contributed by atoms with Gasteiger partial charge in [-0.3, -0.25) is 0 Å². The number of fused-ring (bicyclic) bond motifs is 10. The van der Waals surface area contributed by atoms with E-state index in [0.29, 0.717) is 23.7 Å². The van der Waals surface area contributed by atoms with Crippen molar-refractivity contribution in [2.45, 2.75) is 411 Å². The van der Waals surface area contributed by atoms with Gasteiger partial charge in [0.05, 0.1) is 0 Å². The largest absolute Gasteiger partial charge is 0.316 e. The summed E-state index contributed by atoms with van der Waals surface area (Å²) in [5, 5.41) is 0. The van der Waals surface area contributed by atoms with Gasteiger partial charge in [-0.2, -0.15) is 0 Å². The minimum atomic E-state index is -1.81. The van der Waals surface area contributed by atoms with E-state index in [2.05, 4.69) is 215 Å². The van der Waals surface area contributed by atoms with Crippen LogP contribution in [0.3, 0.4) is 0 Å². The van der Waals surface area contributed by atoms with Gasteiger partial charge in [0, 0.05) is 34.0 Å². The van der Waals surface area contributed by atoms with Crippen molar-refractivity contribution in [1.82, 2.24) is 9.13 Å². The van der Waals surface area contributed by atoms with E-state index >= 15 is 0 Å². The normalized spacial score (nSPS) is 28.9. The molecule has 0 heterocycles. The lowest BCUT2D eigenvalue weighted by atomic mass is 9.61. The molecule has 0 amide bonds. The molecule has 7 atom stereocenters. The molecule has 4 heteroatoms. The summed E-state index contributed by atoms with van der Waals surface area (Å²) in [4.78, 5) is 0. The van der Waals surface area contributed by atoms with Gasteiger partial charge < -0.3 is 9.13 Å². The molecule has 10 aliphatic carbocycles. The number of benzene rings is 2. The van der Waals surface area contributed by atoms with Crippen molar-refractivity contribution in [3.8, 4) is 0 Å². The molecule has 2 nitrogen and oxygen atoms in total. The third-order valence-electron chi connectivity index (χ3n) is 28.7. The third-order valence-corrected chi connectivity index (χ3v) is 38.4. The zero-order chi connectivity index (χ0) is 67.4. The highest BCUT2D eigenvalue weighted by Gasteiger charge is 2.59. The Labute approximate surface area is 577 Å². The van der Waals surface area contributed by atoms with E-state index in [9.17, 15) is 0 Å². The fourth-order valence-corrected chi connectivity index (χ4v) is 36.0. The Balaban J connectivity index is 0.000000190. The van der Waals surface area contributed by atoms with Gasteiger partial charge in [-0.1, -0.05) is 261 Å². The minimum absolute atomic E-state index is 0.181. The highest BCUT2D eigenvalue weighted by Crippen LogP contribution is 2.67. The molecule has 4 saturated carbocycles. The Hall–Kier alpha value is -2.25. The smallest absolute Gasteiger partial charge is 0.127 e. The quantitative estimate of drug-likeness (QED) is 0.137. The van der Waals surface area contributed by atoms with Crippen LogP contribution >= 0.6 is 0 Å². The first-order valence-electron chi connectivity index (χ1n) is 40.5. The Bertz CT molecular complexity index is 3120. The summed E-state index contributed by atoms with van der Waals surface area (Å²) in [7, 11) is -3.57. The van der Waals surface area contributed by atoms with E-state index < -0.39 is 16.5 Å². The number of nitrogens with zero attached hydrogens (tertiary/aromatic N) is 2. The lowest BCUT2D eigenvalue weighted by molar-refractivity contribution is 0.138. The molecule has 0 saturated heterocycles. The van der Waals surface area contributed by atoms with Crippen molar-refractivity contribution in [2.24, 2.45) is 29.6 Å². The van der Waals surface area contributed by atoms with Crippen LogP contribution in [-0.2, 0) is 32.5 Å². The molecule has 7 unspecified atom stereocenters. The molecule has 0 bridgehead atoms. The van der Waals surface area contributed by atoms with Crippen LogP contribution in [0.25, 0.3) is 11.1 Å². The maximum Gasteiger partial charge on any atom is 0.127 e. The fraction of sp³-hybridized carbons (Fsp3) is 0.775. The first-order valence-corrected chi connectivity index (χ1v) is 46.5. The van der Waals surface area contributed by atoms with Crippen molar-refractivity contribution in [3.63, 3.8) is 0 Å². The first kappa shape index (κ1) is 72.0. The molecule has 4 fully saturated rings. The molecule has 12 rings (SSSR count). The van der Waals surface area contributed by atoms with E-state index in [0.717, 1.165) is 29.1 Å². The van der Waals surface area contributed by atoms with E-state index in [-0.39, 0.29) is 43.6 Å². The second-order valence-electron chi connectivity index (χ2n) is 39.7. The fourth-order valence-electron chi connectivity index (χ4n) is 24.5. The van der Waals surface area contributed by atoms with Gasteiger partial charge in [0.1, 0.15) is 16.5 Å². The van der Waals surface area contributed by atoms with Gasteiger partial charge in [0.2, 0.25) is 0 Å². The van der Waals surface area contributed by atoms with E-state index in [1.807, 2.05) is 0 Å². The maximum absolute atomic E-state index is 3.18. The minimum Gasteiger partial charge on any atom is -0.316 e. The van der Waals surface area contributed by atoms with Crippen molar-refractivity contribution in [1.29, 1.82) is 0 Å². The molecular formula is C89H144N2Si2. The average molecular weight is 1300 g/mol. The van der Waals surface area contributed by atoms with Crippen LogP contribution in [-0.4, -0.2) is 48.8 Å². The molecule has 518 valence electrons. The summed E-state index contributed by atoms with van der Waals surface area (Å²) in [5.74, 6) is 3.60. The molecule has 0 spiro atoms. The van der Waals surface area contributed by atoms with Crippen LogP contribution in [0.5, 0.6) is 0 Å². The van der Waals surface area contributed by atoms with Crippen LogP contribution in [0.2, 0.25) is 37.3 Å². The van der Waals surface area contributed by atoms with Gasteiger partial charge in [0.15, 0.2) is 0 Å². The summed E-state index contributed by atoms with van der Waals surface area (Å²) in [5.41, 5.74) is 23.7. The lowest BCUT2D eigenvalue weighted by Gasteiger charge is -2.56. The second kappa shape index (κ2) is 26.4. The monoisotopic (exact) mass is 1300 g/mol. The average Bonchev–Trinajstić information content (AvgIpc) is 1.56. The Kier molecular flexibility index (Phi) is 20.4. The number of rotatable bonds is 18. The predicted molar refractivity (Wildman–Crippen MR) is 413 cm³/mol. The molecule has 0 radical (unpaired) electrons. The maximum atomic E-state index is 3.18. The molecule has 0 aromatic heterocycles. The van der Waals surface area contributed by atoms with Crippen LogP contribution in [0.4, 0.5) is 0 Å². The number of hydrogen-bond donors (Lipinski definition) is 0. The van der Waals surface area contributed by atoms with Gasteiger partial charge in [-0.15, -0.1) is 0 Å². The molecule has 10 aliphatic rings. The van der Waals surface area contributed by atoms with Gasteiger partial charge >= 0.3 is 0 Å². The Morgan fingerprint density at radius 1 is 0.419 bits per heavy atom. The van der Waals surface area contributed by atoms with Crippen LogP contribution in [0, 0.1) is 29.6 Å². The summed E-state index contributed by atoms with van der Waals surface area (Å²) in [6, 6.07) is 12.7. The van der Waals surface area contributed by atoms with E-state index in [1.165, 1.54) is 186 Å². The molecule has 0 N–H and O–H groups in total. The summed E-state index contributed by atoms with van der Waals surface area (Å²) < 4.78 is 6.36. The summed E-state index contributed by atoms with van der Waals surface area (Å²) in [6.07, 6.45) is 51.1. The number of allylic oxidation sites excluding steroid dienone is 8. The molecule has 93 heavy (non-hydrogen) atoms. The van der Waals surface area contributed by atoms with Gasteiger partial charge in [-0.05, 0) is 261 Å². The van der Waals surface area contributed by atoms with Crippen LogP contribution < -0.4 is 0 Å². The highest BCUT2D eigenvalue weighted by molar-refractivity contribution is 6.77. The Morgan fingerprint density at radius 3 is 1.15 bits per heavy atom. The SMILES string of the molecule is CCCCC1(CCCC)C2=CC3C(C=C2c2cc4c(cc21)C(C)(C)CCC4(C)C)CC(C)C3[Si](C)(C)N(C1CCCCC1)C(C)(C)C.CCCCC1(CCCC)C2=CC3C(C=C2c2cc4c(cc21)C(C)(C)CCC4(C)C)CCC3[Si](C)(C)N(C1CCCCC1)C(C)(C)C. The van der Waals surface area contributed by atoms with Crippen molar-refractivity contribution in [3.05, 3.63) is 104 Å². The predicted octanol–water partition coefficient (Wildman–Crippen LogP) is 26.3. The topological polar surface area (TPSA) is 6.48 Å². The van der Waals surface area contributed by atoms with Gasteiger partial charge in [0.25, 0.3) is 0 Å². The molecular weight excluding hydrogens is 1150 g/mol. The highest BCUT2D eigenvalue weighted by atomic mass is 28.3. The van der Waals surface area contributed by atoms with Crippen molar-refractivity contribution < 1.29 is 0 Å². The van der Waals surface area contributed by atoms with Crippen LogP contribution in [0.15, 0.2) is 59.7 Å². The van der Waals surface area contributed by atoms with Crippen molar-refractivity contribution >= 4 is 27.6 Å². The standard InChI is InChI=1S/C45H73NSi.C44H71NSi/c1-13-15-22-45(23-16-14-2)37-28-34-32(26-31(3)41(34)47(11,12)46(42(4,5)6)33-20-18-17-19-21-33)27-35(37)36-29-39-40(30-38(36)45)44(9,10)25-24-43(39,7)8;1-12-14-23-44(24-15-13-2)36-28-33-31(21-22-40(33)46(10,11)45(41(3,4)5)32-19-17-16-18-20-32)27-34(36)35-29-38-39(30-37(35)44)43(8,9)26-25-42(38,6)7/h27-34,41H,13-26H2,1-12H3;27-33,40H,12-26H2,1-11H3. The second-order valence-corrected chi connectivity index (χ2v) is 48.7. The van der Waals surface area contributed by atoms with Crippen molar-refractivity contribution in [2.75, 3.05) is 0 Å². The first-order chi connectivity index (χ1) is 43.6. The Morgan fingerprint density at radius 2 is 0.774 bits per heavy atom. The third kappa shape index (κ3) is 12.8. The zero-order valence-corrected chi connectivity index (χ0v) is 67.2. The molecule has 2 aromatic carbocycles. The van der Waals surface area contributed by atoms with Gasteiger partial charge in [-0.25, -0.2) is 0 Å². The zero-order valence-electron chi connectivity index (χ0n) is 65.2. The number of hydrogen-bond acceptors (Lipinski definition) is 2. The van der Waals surface area contributed by atoms with E-state index in [4.69, 9.17) is 0 Å². The lowest BCUT2D eigenvalue weighted by Crippen LogP contribution is -2.65. The molecule has 2 aromatic rings. The summed E-state index contributed by atoms with van der Waals surface area (Å²) in [6.45, 7) is 59.0.